The first-order chi connectivity index (χ1) is 9.93. The predicted molar refractivity (Wildman–Crippen MR) is 93.8 cm³/mol. The fourth-order valence-corrected chi connectivity index (χ4v) is 2.41. The molecule has 0 saturated heterocycles. The average Bonchev–Trinajstić information content (AvgIpc) is 2.46. The van der Waals surface area contributed by atoms with Crippen LogP contribution in [0, 0.1) is 5.92 Å². The molecule has 0 fully saturated rings. The Morgan fingerprint density at radius 3 is 2.14 bits per heavy atom. The van der Waals surface area contributed by atoms with Crippen molar-refractivity contribution < 1.29 is 0 Å². The molecule has 21 heavy (non-hydrogen) atoms. The average molecular weight is 290 g/mol. The van der Waals surface area contributed by atoms with Crippen molar-refractivity contribution in [2.75, 3.05) is 20.1 Å². The normalized spacial score (nSPS) is 14.7. The Labute approximate surface area is 131 Å². The van der Waals surface area contributed by atoms with Gasteiger partial charge >= 0.3 is 0 Å². The molecule has 0 spiro atoms. The summed E-state index contributed by atoms with van der Waals surface area (Å²) < 4.78 is 0. The van der Waals surface area contributed by atoms with Crippen LogP contribution in [0.15, 0.2) is 24.3 Å². The molecule has 120 valence electrons. The number of rotatable bonds is 9. The summed E-state index contributed by atoms with van der Waals surface area (Å²) in [5.41, 5.74) is 2.84. The second-order valence-electron chi connectivity index (χ2n) is 6.87. The largest absolute Gasteiger partial charge is 0.316 e. The van der Waals surface area contributed by atoms with E-state index in [1.165, 1.54) is 17.5 Å². The van der Waals surface area contributed by atoms with Crippen LogP contribution in [0.2, 0.25) is 0 Å². The molecule has 2 nitrogen and oxygen atoms in total. The van der Waals surface area contributed by atoms with E-state index in [2.05, 4.69) is 76.1 Å². The smallest absolute Gasteiger partial charge is 0.0233 e. The van der Waals surface area contributed by atoms with Crippen molar-refractivity contribution in [2.45, 2.75) is 59.5 Å². The van der Waals surface area contributed by atoms with Gasteiger partial charge in [-0.05, 0) is 49.9 Å². The molecule has 0 aromatic heterocycles. The van der Waals surface area contributed by atoms with E-state index in [0.29, 0.717) is 12.0 Å². The van der Waals surface area contributed by atoms with Crippen LogP contribution in [-0.4, -0.2) is 31.1 Å². The molecule has 2 unspecified atom stereocenters. The molecule has 0 aliphatic heterocycles. The summed E-state index contributed by atoms with van der Waals surface area (Å²) in [7, 11) is 2.21. The van der Waals surface area contributed by atoms with Gasteiger partial charge in [0, 0.05) is 19.1 Å². The quantitative estimate of drug-likeness (QED) is 0.731. The van der Waals surface area contributed by atoms with Gasteiger partial charge in [-0.3, -0.25) is 4.90 Å². The van der Waals surface area contributed by atoms with Crippen molar-refractivity contribution >= 4 is 0 Å². The van der Waals surface area contributed by atoms with Crippen LogP contribution in [0.5, 0.6) is 0 Å². The summed E-state index contributed by atoms with van der Waals surface area (Å²) in [6.45, 7) is 14.5. The molecule has 1 N–H and O–H groups in total. The van der Waals surface area contributed by atoms with E-state index in [0.717, 1.165) is 25.6 Å². The zero-order chi connectivity index (χ0) is 15.8. The molecule has 2 atom stereocenters. The van der Waals surface area contributed by atoms with Crippen LogP contribution >= 0.6 is 0 Å². The lowest BCUT2D eigenvalue weighted by molar-refractivity contribution is 0.244. The monoisotopic (exact) mass is 290 g/mol. The van der Waals surface area contributed by atoms with Crippen molar-refractivity contribution in [1.82, 2.24) is 10.2 Å². The highest BCUT2D eigenvalue weighted by atomic mass is 15.1. The van der Waals surface area contributed by atoms with Crippen molar-refractivity contribution in [3.8, 4) is 0 Å². The van der Waals surface area contributed by atoms with Crippen LogP contribution in [0.4, 0.5) is 0 Å². The van der Waals surface area contributed by atoms with Crippen molar-refractivity contribution in [1.29, 1.82) is 0 Å². The van der Waals surface area contributed by atoms with Gasteiger partial charge in [0.1, 0.15) is 0 Å². The Balaban J connectivity index is 2.49. The van der Waals surface area contributed by atoms with Crippen LogP contribution in [0.25, 0.3) is 0 Å². The topological polar surface area (TPSA) is 15.3 Å². The summed E-state index contributed by atoms with van der Waals surface area (Å²) >= 11 is 0. The van der Waals surface area contributed by atoms with E-state index in [-0.39, 0.29) is 0 Å². The van der Waals surface area contributed by atoms with E-state index >= 15 is 0 Å². The van der Waals surface area contributed by atoms with Crippen LogP contribution in [-0.2, 0) is 6.54 Å². The van der Waals surface area contributed by atoms with Gasteiger partial charge in [-0.25, -0.2) is 0 Å². The lowest BCUT2D eigenvalue weighted by Gasteiger charge is -2.23. The molecule has 0 amide bonds. The third-order valence-corrected chi connectivity index (χ3v) is 4.33. The van der Waals surface area contributed by atoms with Crippen LogP contribution < -0.4 is 5.32 Å². The lowest BCUT2D eigenvalue weighted by atomic mass is 9.99. The SMILES string of the molecule is CCC(C)N(C)Cc1ccc(C(C)CNCC(C)C)cc1. The van der Waals surface area contributed by atoms with Crippen LogP contribution in [0.1, 0.15) is 58.1 Å². The first-order valence-electron chi connectivity index (χ1n) is 8.43. The lowest BCUT2D eigenvalue weighted by Crippen LogP contribution is -2.27. The van der Waals surface area contributed by atoms with Gasteiger partial charge in [0.25, 0.3) is 0 Å². The highest BCUT2D eigenvalue weighted by Gasteiger charge is 2.09. The van der Waals surface area contributed by atoms with Crippen molar-refractivity contribution in [2.24, 2.45) is 5.92 Å². The molecule has 1 aromatic rings. The zero-order valence-corrected chi connectivity index (χ0v) is 14.8. The standard InChI is InChI=1S/C19H34N2/c1-7-17(5)21(6)14-18-8-10-19(11-9-18)16(4)13-20-12-15(2)3/h8-11,15-17,20H,7,12-14H2,1-6H3. The number of nitrogens with zero attached hydrogens (tertiary/aromatic N) is 1. The van der Waals surface area contributed by atoms with E-state index in [1.807, 2.05) is 0 Å². The minimum Gasteiger partial charge on any atom is -0.316 e. The molecule has 0 saturated carbocycles. The summed E-state index contributed by atoms with van der Waals surface area (Å²) in [5, 5.41) is 3.54. The highest BCUT2D eigenvalue weighted by molar-refractivity contribution is 5.25. The van der Waals surface area contributed by atoms with Gasteiger partial charge in [-0.1, -0.05) is 52.0 Å². The minimum atomic E-state index is 0.574. The Morgan fingerprint density at radius 1 is 1.00 bits per heavy atom. The first-order valence-corrected chi connectivity index (χ1v) is 8.43. The summed E-state index contributed by atoms with van der Waals surface area (Å²) in [5.74, 6) is 1.29. The number of hydrogen-bond acceptors (Lipinski definition) is 2. The van der Waals surface area contributed by atoms with Crippen LogP contribution in [0.3, 0.4) is 0 Å². The van der Waals surface area contributed by atoms with Gasteiger partial charge in [-0.15, -0.1) is 0 Å². The Morgan fingerprint density at radius 2 is 1.62 bits per heavy atom. The third kappa shape index (κ3) is 6.62. The fourth-order valence-electron chi connectivity index (χ4n) is 2.41. The maximum absolute atomic E-state index is 3.54. The van der Waals surface area contributed by atoms with Gasteiger partial charge in [0.15, 0.2) is 0 Å². The van der Waals surface area contributed by atoms with Gasteiger partial charge < -0.3 is 5.32 Å². The van der Waals surface area contributed by atoms with Gasteiger partial charge in [0.2, 0.25) is 0 Å². The predicted octanol–water partition coefficient (Wildman–Crippen LogP) is 4.27. The fraction of sp³-hybridized carbons (Fsp3) is 0.684. The zero-order valence-electron chi connectivity index (χ0n) is 14.8. The third-order valence-electron chi connectivity index (χ3n) is 4.33. The minimum absolute atomic E-state index is 0.574. The Hall–Kier alpha value is -0.860. The molecule has 0 bridgehead atoms. The number of nitrogens with one attached hydrogen (secondary N) is 1. The maximum atomic E-state index is 3.54. The van der Waals surface area contributed by atoms with Crippen molar-refractivity contribution in [3.05, 3.63) is 35.4 Å². The highest BCUT2D eigenvalue weighted by Crippen LogP contribution is 2.16. The van der Waals surface area contributed by atoms with E-state index in [9.17, 15) is 0 Å². The van der Waals surface area contributed by atoms with Gasteiger partial charge in [0.05, 0.1) is 0 Å². The molecule has 0 heterocycles. The van der Waals surface area contributed by atoms with E-state index < -0.39 is 0 Å². The van der Waals surface area contributed by atoms with Crippen molar-refractivity contribution in [3.63, 3.8) is 0 Å². The second-order valence-corrected chi connectivity index (χ2v) is 6.87. The second kappa shape index (κ2) is 9.22. The molecule has 0 aliphatic carbocycles. The Bertz CT molecular complexity index is 383. The van der Waals surface area contributed by atoms with E-state index in [1.54, 1.807) is 0 Å². The van der Waals surface area contributed by atoms with E-state index in [4.69, 9.17) is 0 Å². The molecule has 1 aromatic carbocycles. The number of benzene rings is 1. The molecular weight excluding hydrogens is 256 g/mol. The molecule has 2 heteroatoms. The maximum Gasteiger partial charge on any atom is 0.0233 e. The first kappa shape index (κ1) is 18.2. The summed E-state index contributed by atoms with van der Waals surface area (Å²) in [6, 6.07) is 9.80. The Kier molecular flexibility index (Phi) is 7.98. The summed E-state index contributed by atoms with van der Waals surface area (Å²) in [4.78, 5) is 2.42. The molecule has 1 rings (SSSR count). The van der Waals surface area contributed by atoms with Gasteiger partial charge in [-0.2, -0.15) is 0 Å². The molecule has 0 radical (unpaired) electrons. The molecular formula is C19H34N2. The summed E-state index contributed by atoms with van der Waals surface area (Å²) in [6.07, 6.45) is 1.20. The molecule has 0 aliphatic rings. The number of hydrogen-bond donors (Lipinski definition) is 1.